The van der Waals surface area contributed by atoms with Gasteiger partial charge < -0.3 is 5.32 Å². The van der Waals surface area contributed by atoms with E-state index in [-0.39, 0.29) is 5.91 Å². The molecule has 1 saturated heterocycles. The minimum atomic E-state index is 0.00514. The van der Waals surface area contributed by atoms with Gasteiger partial charge in [-0.25, -0.2) is 0 Å². The summed E-state index contributed by atoms with van der Waals surface area (Å²) in [6, 6.07) is 0. The van der Waals surface area contributed by atoms with Crippen LogP contribution in [0.5, 0.6) is 0 Å². The van der Waals surface area contributed by atoms with Gasteiger partial charge in [0.2, 0.25) is 0 Å². The molecule has 1 aliphatic rings. The first kappa shape index (κ1) is 11.2. The SMILES string of the molecule is CC/C=C1/NC(=S)N(CC(C)C)C1=O. The van der Waals surface area contributed by atoms with E-state index in [9.17, 15) is 4.79 Å². The van der Waals surface area contributed by atoms with Crippen molar-refractivity contribution in [2.24, 2.45) is 5.92 Å². The Kier molecular flexibility index (Phi) is 3.63. The molecule has 0 aromatic carbocycles. The highest BCUT2D eigenvalue weighted by Gasteiger charge is 2.30. The maximum absolute atomic E-state index is 11.7. The molecule has 0 saturated carbocycles. The van der Waals surface area contributed by atoms with Gasteiger partial charge in [-0.3, -0.25) is 9.69 Å². The summed E-state index contributed by atoms with van der Waals surface area (Å²) >= 11 is 5.08. The van der Waals surface area contributed by atoms with E-state index in [4.69, 9.17) is 12.2 Å². The first-order valence-electron chi connectivity index (χ1n) is 4.89. The molecule has 78 valence electrons. The largest absolute Gasteiger partial charge is 0.328 e. The Balaban J connectivity index is 2.75. The van der Waals surface area contributed by atoms with Crippen LogP contribution >= 0.6 is 12.2 Å². The van der Waals surface area contributed by atoms with Crippen LogP contribution in [0.2, 0.25) is 0 Å². The molecular weight excluding hydrogens is 196 g/mol. The predicted molar refractivity (Wildman–Crippen MR) is 60.7 cm³/mol. The van der Waals surface area contributed by atoms with E-state index in [0.29, 0.717) is 23.3 Å². The van der Waals surface area contributed by atoms with E-state index in [2.05, 4.69) is 19.2 Å². The van der Waals surface area contributed by atoms with Gasteiger partial charge in [-0.05, 0) is 24.6 Å². The van der Waals surface area contributed by atoms with E-state index in [1.54, 1.807) is 4.90 Å². The van der Waals surface area contributed by atoms with Crippen LogP contribution in [0.4, 0.5) is 0 Å². The van der Waals surface area contributed by atoms with Gasteiger partial charge in [0.25, 0.3) is 5.91 Å². The molecule has 1 rings (SSSR count). The second-order valence-electron chi connectivity index (χ2n) is 3.77. The maximum Gasteiger partial charge on any atom is 0.276 e. The van der Waals surface area contributed by atoms with Crippen LogP contribution in [0.25, 0.3) is 0 Å². The molecular formula is C10H16N2OS. The average molecular weight is 212 g/mol. The molecule has 0 aliphatic carbocycles. The Morgan fingerprint density at radius 3 is 2.71 bits per heavy atom. The molecule has 1 aliphatic heterocycles. The lowest BCUT2D eigenvalue weighted by atomic mass is 10.2. The first-order valence-corrected chi connectivity index (χ1v) is 5.30. The van der Waals surface area contributed by atoms with Crippen LogP contribution < -0.4 is 5.32 Å². The van der Waals surface area contributed by atoms with Gasteiger partial charge in [-0.1, -0.05) is 26.8 Å². The molecule has 0 atom stereocenters. The van der Waals surface area contributed by atoms with Crippen molar-refractivity contribution in [2.45, 2.75) is 27.2 Å². The summed E-state index contributed by atoms with van der Waals surface area (Å²) in [5.41, 5.74) is 0.623. The molecule has 14 heavy (non-hydrogen) atoms. The van der Waals surface area contributed by atoms with Crippen LogP contribution in [-0.4, -0.2) is 22.5 Å². The van der Waals surface area contributed by atoms with Crippen molar-refractivity contribution in [3.63, 3.8) is 0 Å². The number of nitrogens with zero attached hydrogens (tertiary/aromatic N) is 1. The third-order valence-corrected chi connectivity index (χ3v) is 2.24. The van der Waals surface area contributed by atoms with Gasteiger partial charge in [-0.2, -0.15) is 0 Å². The summed E-state index contributed by atoms with van der Waals surface area (Å²) in [5.74, 6) is 0.435. The summed E-state index contributed by atoms with van der Waals surface area (Å²) in [5, 5.41) is 3.46. The van der Waals surface area contributed by atoms with E-state index < -0.39 is 0 Å². The van der Waals surface area contributed by atoms with Gasteiger partial charge in [0.1, 0.15) is 5.70 Å². The molecule has 3 nitrogen and oxygen atoms in total. The Morgan fingerprint density at radius 2 is 2.21 bits per heavy atom. The number of nitrogens with one attached hydrogen (secondary N) is 1. The Morgan fingerprint density at radius 1 is 1.57 bits per heavy atom. The second-order valence-corrected chi connectivity index (χ2v) is 4.15. The summed E-state index contributed by atoms with van der Waals surface area (Å²) in [6.45, 7) is 6.82. The lowest BCUT2D eigenvalue weighted by Gasteiger charge is -2.15. The van der Waals surface area contributed by atoms with Crippen molar-refractivity contribution < 1.29 is 4.79 Å². The minimum Gasteiger partial charge on any atom is -0.328 e. The van der Waals surface area contributed by atoms with Crippen LogP contribution in [0.15, 0.2) is 11.8 Å². The van der Waals surface area contributed by atoms with Crippen LogP contribution in [0.1, 0.15) is 27.2 Å². The third kappa shape index (κ3) is 2.32. The fourth-order valence-corrected chi connectivity index (χ4v) is 1.61. The molecule has 4 heteroatoms. The zero-order chi connectivity index (χ0) is 10.7. The van der Waals surface area contributed by atoms with Crippen molar-refractivity contribution in [3.05, 3.63) is 11.8 Å². The Hall–Kier alpha value is -0.900. The third-order valence-electron chi connectivity index (χ3n) is 1.92. The molecule has 0 radical (unpaired) electrons. The number of amides is 1. The van der Waals surface area contributed by atoms with E-state index >= 15 is 0 Å². The van der Waals surface area contributed by atoms with Crippen LogP contribution in [-0.2, 0) is 4.79 Å². The molecule has 0 aromatic rings. The van der Waals surface area contributed by atoms with E-state index in [1.807, 2.05) is 13.0 Å². The molecule has 1 heterocycles. The van der Waals surface area contributed by atoms with Gasteiger partial charge in [0.15, 0.2) is 5.11 Å². The number of thiocarbonyl (C=S) groups is 1. The average Bonchev–Trinajstić information content (AvgIpc) is 2.33. The highest BCUT2D eigenvalue weighted by atomic mass is 32.1. The summed E-state index contributed by atoms with van der Waals surface area (Å²) in [7, 11) is 0. The predicted octanol–water partition coefficient (Wildman–Crippen LogP) is 1.65. The van der Waals surface area contributed by atoms with Crippen LogP contribution in [0, 0.1) is 5.92 Å². The zero-order valence-corrected chi connectivity index (χ0v) is 9.65. The van der Waals surface area contributed by atoms with E-state index in [1.165, 1.54) is 0 Å². The Bertz CT molecular complexity index is 284. The van der Waals surface area contributed by atoms with Crippen molar-refractivity contribution in [3.8, 4) is 0 Å². The molecule has 0 bridgehead atoms. The monoisotopic (exact) mass is 212 g/mol. The molecule has 1 fully saturated rings. The number of carbonyl (C=O) groups is 1. The number of hydrogen-bond acceptors (Lipinski definition) is 2. The highest BCUT2D eigenvalue weighted by molar-refractivity contribution is 7.80. The fraction of sp³-hybridized carbons (Fsp3) is 0.600. The van der Waals surface area contributed by atoms with Crippen LogP contribution in [0.3, 0.4) is 0 Å². The molecule has 0 unspecified atom stereocenters. The number of rotatable bonds is 3. The summed E-state index contributed by atoms with van der Waals surface area (Å²) < 4.78 is 0. The normalized spacial score (nSPS) is 19.7. The van der Waals surface area contributed by atoms with Crippen molar-refractivity contribution in [1.82, 2.24) is 10.2 Å². The quantitative estimate of drug-likeness (QED) is 0.570. The summed E-state index contributed by atoms with van der Waals surface area (Å²) in [6.07, 6.45) is 2.71. The van der Waals surface area contributed by atoms with Gasteiger partial charge in [-0.15, -0.1) is 0 Å². The molecule has 0 spiro atoms. The lowest BCUT2D eigenvalue weighted by molar-refractivity contribution is -0.122. The Labute approximate surface area is 90.2 Å². The number of hydrogen-bond donors (Lipinski definition) is 1. The van der Waals surface area contributed by atoms with Crippen molar-refractivity contribution in [2.75, 3.05) is 6.54 Å². The highest BCUT2D eigenvalue weighted by Crippen LogP contribution is 2.12. The molecule has 1 N–H and O–H groups in total. The summed E-state index contributed by atoms with van der Waals surface area (Å²) in [4.78, 5) is 13.4. The molecule has 1 amide bonds. The van der Waals surface area contributed by atoms with Crippen molar-refractivity contribution >= 4 is 23.2 Å². The lowest BCUT2D eigenvalue weighted by Crippen LogP contribution is -2.33. The first-order chi connectivity index (χ1) is 6.56. The number of carbonyl (C=O) groups excluding carboxylic acids is 1. The minimum absolute atomic E-state index is 0.00514. The van der Waals surface area contributed by atoms with Gasteiger partial charge in [0, 0.05) is 6.54 Å². The second kappa shape index (κ2) is 4.55. The van der Waals surface area contributed by atoms with Gasteiger partial charge >= 0.3 is 0 Å². The number of allylic oxidation sites excluding steroid dienone is 1. The zero-order valence-electron chi connectivity index (χ0n) is 8.83. The van der Waals surface area contributed by atoms with E-state index in [0.717, 1.165) is 6.42 Å². The van der Waals surface area contributed by atoms with Gasteiger partial charge in [0.05, 0.1) is 0 Å². The standard InChI is InChI=1S/C10H16N2OS/c1-4-5-8-9(13)12(6-7(2)3)10(14)11-8/h5,7H,4,6H2,1-3H3,(H,11,14)/b8-5+. The fourth-order valence-electron chi connectivity index (χ4n) is 1.35. The maximum atomic E-state index is 11.7. The topological polar surface area (TPSA) is 32.3 Å². The molecule has 0 aromatic heterocycles. The smallest absolute Gasteiger partial charge is 0.276 e. The van der Waals surface area contributed by atoms with Crippen molar-refractivity contribution in [1.29, 1.82) is 0 Å².